The van der Waals surface area contributed by atoms with E-state index in [-0.39, 0.29) is 0 Å². The van der Waals surface area contributed by atoms with Crippen LogP contribution in [0.3, 0.4) is 0 Å². The second-order valence-electron chi connectivity index (χ2n) is 4.81. The maximum Gasteiger partial charge on any atom is 0.143 e. The zero-order valence-electron chi connectivity index (χ0n) is 11.8. The molecule has 0 bridgehead atoms. The summed E-state index contributed by atoms with van der Waals surface area (Å²) in [6.45, 7) is 6.14. The minimum absolute atomic E-state index is 0.893. The highest BCUT2D eigenvalue weighted by Crippen LogP contribution is 2.33. The predicted molar refractivity (Wildman–Crippen MR) is 94.6 cm³/mol. The highest BCUT2D eigenvalue weighted by atomic mass is 79.9. The summed E-state index contributed by atoms with van der Waals surface area (Å²) in [4.78, 5) is 0. The van der Waals surface area contributed by atoms with E-state index in [1.54, 1.807) is 0 Å². The van der Waals surface area contributed by atoms with Crippen LogP contribution in [0.15, 0.2) is 76.2 Å². The molecule has 21 heavy (non-hydrogen) atoms. The lowest BCUT2D eigenvalue weighted by Gasteiger charge is -2.01. The summed E-state index contributed by atoms with van der Waals surface area (Å²) in [5.74, 6) is 0. The number of allylic oxidation sites excluding steroid dienone is 5. The molecule has 0 spiro atoms. The zero-order chi connectivity index (χ0) is 14.8. The van der Waals surface area contributed by atoms with Crippen LogP contribution in [0.25, 0.3) is 27.5 Å². The van der Waals surface area contributed by atoms with Gasteiger partial charge in [-0.3, -0.25) is 0 Å². The van der Waals surface area contributed by atoms with Crippen molar-refractivity contribution in [2.24, 2.45) is 0 Å². The van der Waals surface area contributed by atoms with Crippen LogP contribution in [-0.2, 0) is 0 Å². The van der Waals surface area contributed by atoms with Crippen LogP contribution in [0, 0.1) is 0 Å². The van der Waals surface area contributed by atoms with E-state index in [0.717, 1.165) is 37.6 Å². The van der Waals surface area contributed by atoms with E-state index in [0.29, 0.717) is 0 Å². The fraction of sp³-hybridized carbons (Fsp3) is 0.0526. The molecule has 0 saturated heterocycles. The number of hydrogen-bond acceptors (Lipinski definition) is 1. The maximum atomic E-state index is 6.02. The molecule has 0 amide bonds. The minimum atomic E-state index is 0.893. The van der Waals surface area contributed by atoms with E-state index in [1.807, 2.05) is 55.5 Å². The number of furan rings is 1. The second-order valence-corrected chi connectivity index (χ2v) is 5.73. The average Bonchev–Trinajstić information content (AvgIpc) is 2.90. The Kier molecular flexibility index (Phi) is 3.80. The molecule has 1 heterocycles. The average molecular weight is 339 g/mol. The first-order valence-corrected chi connectivity index (χ1v) is 7.59. The molecule has 3 rings (SSSR count). The van der Waals surface area contributed by atoms with Crippen LogP contribution in [0.2, 0.25) is 0 Å². The van der Waals surface area contributed by atoms with Gasteiger partial charge in [0.05, 0.1) is 0 Å². The van der Waals surface area contributed by atoms with Crippen molar-refractivity contribution in [3.8, 4) is 0 Å². The lowest BCUT2D eigenvalue weighted by molar-refractivity contribution is 0.668. The van der Waals surface area contributed by atoms with Crippen molar-refractivity contribution in [1.82, 2.24) is 0 Å². The molecule has 3 aromatic rings. The summed E-state index contributed by atoms with van der Waals surface area (Å²) in [6.07, 6.45) is 5.97. The van der Waals surface area contributed by atoms with Crippen LogP contribution in [0.4, 0.5) is 0 Å². The molecule has 2 aromatic carbocycles. The topological polar surface area (TPSA) is 13.1 Å². The minimum Gasteiger partial charge on any atom is -0.455 e. The van der Waals surface area contributed by atoms with Gasteiger partial charge in [0.25, 0.3) is 0 Å². The smallest absolute Gasteiger partial charge is 0.143 e. The van der Waals surface area contributed by atoms with Gasteiger partial charge in [-0.1, -0.05) is 71.1 Å². The first kappa shape index (κ1) is 13.9. The van der Waals surface area contributed by atoms with E-state index in [9.17, 15) is 0 Å². The Labute approximate surface area is 132 Å². The fourth-order valence-electron chi connectivity index (χ4n) is 2.37. The summed E-state index contributed by atoms with van der Waals surface area (Å²) in [7, 11) is 0. The van der Waals surface area contributed by atoms with Crippen molar-refractivity contribution in [1.29, 1.82) is 0 Å². The van der Waals surface area contributed by atoms with E-state index < -0.39 is 0 Å². The highest BCUT2D eigenvalue weighted by molar-refractivity contribution is 9.11. The molecule has 104 valence electrons. The molecule has 0 aliphatic carbocycles. The highest BCUT2D eigenvalue weighted by Gasteiger charge is 2.10. The summed E-state index contributed by atoms with van der Waals surface area (Å²) in [5, 5.41) is 2.27. The Bertz CT molecular complexity index is 881. The van der Waals surface area contributed by atoms with Crippen molar-refractivity contribution in [3.63, 3.8) is 0 Å². The SMILES string of the molecule is C=C(/C=C\C(Br)=C/C)c1cccc2c1oc1ccccc12. The molecule has 0 fully saturated rings. The van der Waals surface area contributed by atoms with Gasteiger partial charge in [-0.15, -0.1) is 0 Å². The standard InChI is InChI=1S/C19H15BrO/c1-3-14(20)12-11-13(2)15-8-6-9-17-16-7-4-5-10-18(16)21-19(15)17/h3-12H,2H2,1H3/b12-11-,14-3+. The van der Waals surface area contributed by atoms with E-state index in [2.05, 4.69) is 34.6 Å². The molecule has 0 radical (unpaired) electrons. The van der Waals surface area contributed by atoms with Crippen molar-refractivity contribution in [2.75, 3.05) is 0 Å². The largest absolute Gasteiger partial charge is 0.455 e. The van der Waals surface area contributed by atoms with Crippen molar-refractivity contribution >= 4 is 43.4 Å². The Morgan fingerprint density at radius 2 is 1.81 bits per heavy atom. The van der Waals surface area contributed by atoms with Gasteiger partial charge in [-0.05, 0) is 24.6 Å². The van der Waals surface area contributed by atoms with E-state index in [4.69, 9.17) is 4.42 Å². The molecule has 1 nitrogen and oxygen atoms in total. The Balaban J connectivity index is 2.15. The molecule has 2 heteroatoms. The number of hydrogen-bond donors (Lipinski definition) is 0. The monoisotopic (exact) mass is 338 g/mol. The molecule has 0 unspecified atom stereocenters. The second kappa shape index (κ2) is 5.74. The number of para-hydroxylation sites is 2. The predicted octanol–water partition coefficient (Wildman–Crippen LogP) is 6.45. The number of benzene rings is 2. The van der Waals surface area contributed by atoms with Gasteiger partial charge in [0, 0.05) is 20.8 Å². The summed E-state index contributed by atoms with van der Waals surface area (Å²) in [6, 6.07) is 14.3. The molecular formula is C19H15BrO. The quantitative estimate of drug-likeness (QED) is 0.500. The zero-order valence-corrected chi connectivity index (χ0v) is 13.4. The van der Waals surface area contributed by atoms with Gasteiger partial charge in [0.1, 0.15) is 11.2 Å². The van der Waals surface area contributed by atoms with Gasteiger partial charge >= 0.3 is 0 Å². The van der Waals surface area contributed by atoms with Crippen LogP contribution in [0.5, 0.6) is 0 Å². The number of rotatable bonds is 3. The molecule has 0 aliphatic rings. The van der Waals surface area contributed by atoms with Crippen LogP contribution >= 0.6 is 15.9 Å². The lowest BCUT2D eigenvalue weighted by atomic mass is 10.0. The van der Waals surface area contributed by atoms with Crippen molar-refractivity contribution in [3.05, 3.63) is 77.3 Å². The van der Waals surface area contributed by atoms with Gasteiger partial charge in [0.2, 0.25) is 0 Å². The molecule has 1 aromatic heterocycles. The lowest BCUT2D eigenvalue weighted by Crippen LogP contribution is -1.80. The molecule has 0 N–H and O–H groups in total. The summed E-state index contributed by atoms with van der Waals surface area (Å²) in [5.41, 5.74) is 3.76. The summed E-state index contributed by atoms with van der Waals surface area (Å²) < 4.78 is 7.04. The van der Waals surface area contributed by atoms with E-state index >= 15 is 0 Å². The van der Waals surface area contributed by atoms with Crippen LogP contribution in [0.1, 0.15) is 12.5 Å². The fourth-order valence-corrected chi connectivity index (χ4v) is 2.50. The van der Waals surface area contributed by atoms with Crippen LogP contribution < -0.4 is 0 Å². The van der Waals surface area contributed by atoms with Crippen LogP contribution in [-0.4, -0.2) is 0 Å². The third kappa shape index (κ3) is 2.59. The summed E-state index contributed by atoms with van der Waals surface area (Å²) >= 11 is 3.47. The van der Waals surface area contributed by atoms with E-state index in [1.165, 1.54) is 0 Å². The Hall–Kier alpha value is -2.06. The van der Waals surface area contributed by atoms with Gasteiger partial charge < -0.3 is 4.42 Å². The first-order valence-electron chi connectivity index (χ1n) is 6.80. The molecule has 0 atom stereocenters. The third-order valence-electron chi connectivity index (χ3n) is 3.47. The van der Waals surface area contributed by atoms with Crippen molar-refractivity contribution < 1.29 is 4.42 Å². The normalized spacial score (nSPS) is 12.6. The van der Waals surface area contributed by atoms with Gasteiger partial charge in [0.15, 0.2) is 0 Å². The molecule has 0 aliphatic heterocycles. The van der Waals surface area contributed by atoms with Gasteiger partial charge in [-0.2, -0.15) is 0 Å². The Morgan fingerprint density at radius 1 is 1.05 bits per heavy atom. The third-order valence-corrected chi connectivity index (χ3v) is 4.19. The molecular weight excluding hydrogens is 324 g/mol. The van der Waals surface area contributed by atoms with Gasteiger partial charge in [-0.25, -0.2) is 0 Å². The number of halogens is 1. The molecule has 0 saturated carbocycles. The first-order chi connectivity index (χ1) is 10.2. The number of fused-ring (bicyclic) bond motifs is 3. The Morgan fingerprint density at radius 3 is 2.62 bits per heavy atom. The maximum absolute atomic E-state index is 6.02. The van der Waals surface area contributed by atoms with Crippen molar-refractivity contribution in [2.45, 2.75) is 6.92 Å².